The molecule has 110 valence electrons. The average Bonchev–Trinajstić information content (AvgIpc) is 2.46. The number of benzene rings is 1. The fourth-order valence-corrected chi connectivity index (χ4v) is 2.86. The molecule has 0 saturated carbocycles. The number of thioether (sulfide) groups is 1. The van der Waals surface area contributed by atoms with E-state index in [0.717, 1.165) is 5.39 Å². The monoisotopic (exact) mass is 303 g/mol. The summed E-state index contributed by atoms with van der Waals surface area (Å²) in [5.41, 5.74) is 6.55. The SMILES string of the molecule is CCNC(=O)[C@@H](C)Sc1cc(C(N)=O)c2ccccc2n1. The van der Waals surface area contributed by atoms with Crippen LogP contribution in [0.3, 0.4) is 0 Å². The summed E-state index contributed by atoms with van der Waals surface area (Å²) in [6.45, 7) is 4.26. The molecule has 1 atom stereocenters. The maximum atomic E-state index is 11.8. The minimum absolute atomic E-state index is 0.0573. The summed E-state index contributed by atoms with van der Waals surface area (Å²) >= 11 is 1.31. The first-order valence-electron chi connectivity index (χ1n) is 6.67. The van der Waals surface area contributed by atoms with Crippen LogP contribution in [-0.2, 0) is 4.79 Å². The van der Waals surface area contributed by atoms with Crippen LogP contribution < -0.4 is 11.1 Å². The molecule has 0 saturated heterocycles. The molecule has 0 spiro atoms. The molecule has 2 amide bonds. The Bertz CT molecular complexity index is 688. The molecule has 0 unspecified atom stereocenters. The van der Waals surface area contributed by atoms with Gasteiger partial charge in [0, 0.05) is 11.9 Å². The van der Waals surface area contributed by atoms with E-state index < -0.39 is 5.91 Å². The summed E-state index contributed by atoms with van der Waals surface area (Å²) in [4.78, 5) is 27.8. The molecule has 3 N–H and O–H groups in total. The number of fused-ring (bicyclic) bond motifs is 1. The van der Waals surface area contributed by atoms with Crippen molar-refractivity contribution in [2.45, 2.75) is 24.1 Å². The minimum Gasteiger partial charge on any atom is -0.366 e. The zero-order valence-electron chi connectivity index (χ0n) is 11.9. The van der Waals surface area contributed by atoms with Crippen molar-refractivity contribution >= 4 is 34.5 Å². The third kappa shape index (κ3) is 3.52. The van der Waals surface area contributed by atoms with Crippen LogP contribution in [0.4, 0.5) is 0 Å². The Labute approximate surface area is 127 Å². The van der Waals surface area contributed by atoms with Crippen molar-refractivity contribution in [1.82, 2.24) is 10.3 Å². The lowest BCUT2D eigenvalue weighted by molar-refractivity contribution is -0.120. The first-order chi connectivity index (χ1) is 10.0. The number of carbonyl (C=O) groups is 2. The number of nitrogens with one attached hydrogen (secondary N) is 1. The van der Waals surface area contributed by atoms with Gasteiger partial charge in [0.2, 0.25) is 11.8 Å². The zero-order chi connectivity index (χ0) is 15.4. The second-order valence-electron chi connectivity index (χ2n) is 4.54. The number of primary amides is 1. The largest absolute Gasteiger partial charge is 0.366 e. The summed E-state index contributed by atoms with van der Waals surface area (Å²) < 4.78 is 0. The predicted molar refractivity (Wildman–Crippen MR) is 84.3 cm³/mol. The average molecular weight is 303 g/mol. The van der Waals surface area contributed by atoms with Gasteiger partial charge in [0.1, 0.15) is 0 Å². The quantitative estimate of drug-likeness (QED) is 0.827. The van der Waals surface area contributed by atoms with Crippen molar-refractivity contribution in [2.24, 2.45) is 5.73 Å². The fraction of sp³-hybridized carbons (Fsp3) is 0.267. The van der Waals surface area contributed by atoms with Crippen molar-refractivity contribution in [1.29, 1.82) is 0 Å². The Hall–Kier alpha value is -2.08. The molecule has 1 heterocycles. The van der Waals surface area contributed by atoms with Gasteiger partial charge in [0.25, 0.3) is 0 Å². The number of nitrogens with zero attached hydrogens (tertiary/aromatic N) is 1. The van der Waals surface area contributed by atoms with Gasteiger partial charge >= 0.3 is 0 Å². The van der Waals surface area contributed by atoms with Crippen molar-refractivity contribution in [3.8, 4) is 0 Å². The molecular formula is C15H17N3O2S. The predicted octanol–water partition coefficient (Wildman–Crippen LogP) is 1.95. The first kappa shape index (κ1) is 15.3. The molecule has 0 bridgehead atoms. The van der Waals surface area contributed by atoms with Gasteiger partial charge < -0.3 is 11.1 Å². The molecule has 0 radical (unpaired) electrons. The van der Waals surface area contributed by atoms with Gasteiger partial charge in [-0.05, 0) is 26.0 Å². The van der Waals surface area contributed by atoms with Gasteiger partial charge in [-0.1, -0.05) is 30.0 Å². The van der Waals surface area contributed by atoms with E-state index in [0.29, 0.717) is 22.7 Å². The van der Waals surface area contributed by atoms with Crippen molar-refractivity contribution in [3.63, 3.8) is 0 Å². The van der Waals surface area contributed by atoms with E-state index in [-0.39, 0.29) is 11.2 Å². The third-order valence-electron chi connectivity index (χ3n) is 2.98. The number of nitrogens with two attached hydrogens (primary N) is 1. The summed E-state index contributed by atoms with van der Waals surface area (Å²) in [6.07, 6.45) is 0. The highest BCUT2D eigenvalue weighted by Gasteiger charge is 2.16. The number of pyridine rings is 1. The number of carbonyl (C=O) groups excluding carboxylic acids is 2. The summed E-state index contributed by atoms with van der Waals surface area (Å²) in [7, 11) is 0. The van der Waals surface area contributed by atoms with Crippen molar-refractivity contribution in [3.05, 3.63) is 35.9 Å². The fourth-order valence-electron chi connectivity index (χ4n) is 1.97. The van der Waals surface area contributed by atoms with Gasteiger partial charge in [-0.15, -0.1) is 0 Å². The van der Waals surface area contributed by atoms with Gasteiger partial charge in [-0.25, -0.2) is 4.98 Å². The number of rotatable bonds is 5. The number of amides is 2. The highest BCUT2D eigenvalue weighted by Crippen LogP contribution is 2.26. The van der Waals surface area contributed by atoms with E-state index in [1.165, 1.54) is 11.8 Å². The first-order valence-corrected chi connectivity index (χ1v) is 7.55. The summed E-state index contributed by atoms with van der Waals surface area (Å²) in [5.74, 6) is -0.556. The Morgan fingerprint density at radius 3 is 2.76 bits per heavy atom. The highest BCUT2D eigenvalue weighted by molar-refractivity contribution is 8.00. The van der Waals surface area contributed by atoms with E-state index >= 15 is 0 Å². The second kappa shape index (κ2) is 6.58. The number of hydrogen-bond acceptors (Lipinski definition) is 4. The van der Waals surface area contributed by atoms with Crippen LogP contribution in [0.1, 0.15) is 24.2 Å². The Morgan fingerprint density at radius 1 is 1.38 bits per heavy atom. The minimum atomic E-state index is -0.499. The lowest BCUT2D eigenvalue weighted by Gasteiger charge is -2.12. The normalized spacial score (nSPS) is 12.1. The van der Waals surface area contributed by atoms with Crippen LogP contribution in [0.25, 0.3) is 10.9 Å². The molecule has 6 heteroatoms. The van der Waals surface area contributed by atoms with Gasteiger partial charge in [-0.3, -0.25) is 9.59 Å². The van der Waals surface area contributed by atoms with Gasteiger partial charge in [-0.2, -0.15) is 0 Å². The molecule has 21 heavy (non-hydrogen) atoms. The van der Waals surface area contributed by atoms with E-state index in [4.69, 9.17) is 5.73 Å². The van der Waals surface area contributed by atoms with Crippen LogP contribution in [0, 0.1) is 0 Å². The molecular weight excluding hydrogens is 286 g/mol. The zero-order valence-corrected chi connectivity index (χ0v) is 12.7. The Morgan fingerprint density at radius 2 is 2.10 bits per heavy atom. The van der Waals surface area contributed by atoms with E-state index in [2.05, 4.69) is 10.3 Å². The third-order valence-corrected chi connectivity index (χ3v) is 3.99. The standard InChI is InChI=1S/C15H17N3O2S/c1-3-17-15(20)9(2)21-13-8-11(14(16)19)10-6-4-5-7-12(10)18-13/h4-9H,3H2,1-2H3,(H2,16,19)(H,17,20)/t9-/m1/s1. The molecule has 0 aliphatic carbocycles. The molecule has 2 rings (SSSR count). The lowest BCUT2D eigenvalue weighted by atomic mass is 10.1. The van der Waals surface area contributed by atoms with E-state index in [1.54, 1.807) is 13.0 Å². The van der Waals surface area contributed by atoms with Crippen LogP contribution in [0.5, 0.6) is 0 Å². The smallest absolute Gasteiger partial charge is 0.249 e. The van der Waals surface area contributed by atoms with Crippen LogP contribution in [0.2, 0.25) is 0 Å². The lowest BCUT2D eigenvalue weighted by Crippen LogP contribution is -2.30. The number of aromatic nitrogens is 1. The second-order valence-corrected chi connectivity index (χ2v) is 5.91. The molecule has 0 aliphatic rings. The molecule has 2 aromatic rings. The summed E-state index contributed by atoms with van der Waals surface area (Å²) in [6, 6.07) is 8.96. The number of para-hydroxylation sites is 1. The van der Waals surface area contributed by atoms with E-state index in [9.17, 15) is 9.59 Å². The maximum Gasteiger partial charge on any atom is 0.249 e. The summed E-state index contributed by atoms with van der Waals surface area (Å²) in [5, 5.41) is 3.80. The maximum absolute atomic E-state index is 11.8. The van der Waals surface area contributed by atoms with Crippen LogP contribution in [0.15, 0.2) is 35.4 Å². The Balaban J connectivity index is 2.37. The van der Waals surface area contributed by atoms with Crippen molar-refractivity contribution in [2.75, 3.05) is 6.54 Å². The van der Waals surface area contributed by atoms with Crippen molar-refractivity contribution < 1.29 is 9.59 Å². The van der Waals surface area contributed by atoms with Crippen LogP contribution >= 0.6 is 11.8 Å². The van der Waals surface area contributed by atoms with Crippen LogP contribution in [-0.4, -0.2) is 28.6 Å². The molecule has 1 aromatic heterocycles. The molecule has 5 nitrogen and oxygen atoms in total. The Kier molecular flexibility index (Phi) is 4.80. The highest BCUT2D eigenvalue weighted by atomic mass is 32.2. The van der Waals surface area contributed by atoms with Gasteiger partial charge in [0.15, 0.2) is 0 Å². The molecule has 0 aliphatic heterocycles. The molecule has 1 aromatic carbocycles. The number of hydrogen-bond donors (Lipinski definition) is 2. The van der Waals surface area contributed by atoms with Gasteiger partial charge in [0.05, 0.1) is 21.4 Å². The topological polar surface area (TPSA) is 85.1 Å². The molecule has 0 fully saturated rings. The van der Waals surface area contributed by atoms with E-state index in [1.807, 2.05) is 31.2 Å².